The first-order chi connectivity index (χ1) is 11.6. The maximum Gasteiger partial charge on any atom is 0.161 e. The van der Waals surface area contributed by atoms with Crippen molar-refractivity contribution in [2.75, 3.05) is 54.2 Å². The lowest BCUT2D eigenvalue weighted by molar-refractivity contribution is 0.0207. The molecule has 1 aromatic carbocycles. The highest BCUT2D eigenvalue weighted by Crippen LogP contribution is 2.28. The number of nitrogens with zero attached hydrogens (tertiary/aromatic N) is 1. The van der Waals surface area contributed by atoms with E-state index in [1.165, 1.54) is 0 Å². The lowest BCUT2D eigenvalue weighted by Gasteiger charge is -2.25. The predicted molar refractivity (Wildman–Crippen MR) is 92.4 cm³/mol. The van der Waals surface area contributed by atoms with Gasteiger partial charge in [-0.05, 0) is 17.7 Å². The standard InChI is InChI=1S/C18H27NO5/c1-5-9-24-14-16(20)13-19(8-10-21-2)12-15-6-7-17(22-3)18(11-15)23-4/h1,6-7,11,16,20H,8-10,12-14H2,2-4H3/t16-/m1/s1. The van der Waals surface area contributed by atoms with Crippen LogP contribution in [-0.2, 0) is 16.0 Å². The van der Waals surface area contributed by atoms with Gasteiger partial charge in [0.05, 0.1) is 33.5 Å². The zero-order valence-electron chi connectivity index (χ0n) is 14.7. The van der Waals surface area contributed by atoms with E-state index >= 15 is 0 Å². The summed E-state index contributed by atoms with van der Waals surface area (Å²) in [7, 11) is 4.87. The van der Waals surface area contributed by atoms with Crippen LogP contribution in [0.15, 0.2) is 18.2 Å². The minimum atomic E-state index is -0.615. The average Bonchev–Trinajstić information content (AvgIpc) is 2.59. The molecular formula is C18H27NO5. The molecular weight excluding hydrogens is 310 g/mol. The van der Waals surface area contributed by atoms with E-state index < -0.39 is 6.10 Å². The summed E-state index contributed by atoms with van der Waals surface area (Å²) in [5.41, 5.74) is 1.06. The van der Waals surface area contributed by atoms with Gasteiger partial charge < -0.3 is 24.1 Å². The van der Waals surface area contributed by atoms with E-state index in [1.54, 1.807) is 21.3 Å². The van der Waals surface area contributed by atoms with Gasteiger partial charge in [-0.2, -0.15) is 0 Å². The van der Waals surface area contributed by atoms with Crippen LogP contribution in [0.4, 0.5) is 0 Å². The van der Waals surface area contributed by atoms with Gasteiger partial charge in [0.25, 0.3) is 0 Å². The van der Waals surface area contributed by atoms with E-state index in [-0.39, 0.29) is 13.2 Å². The number of hydrogen-bond donors (Lipinski definition) is 1. The molecule has 134 valence electrons. The Balaban J connectivity index is 2.69. The molecule has 0 aliphatic carbocycles. The quantitative estimate of drug-likeness (QED) is 0.456. The normalized spacial score (nSPS) is 12.0. The zero-order valence-corrected chi connectivity index (χ0v) is 14.7. The van der Waals surface area contributed by atoms with Gasteiger partial charge in [0.15, 0.2) is 11.5 Å². The van der Waals surface area contributed by atoms with Gasteiger partial charge >= 0.3 is 0 Å². The summed E-state index contributed by atoms with van der Waals surface area (Å²) in [4.78, 5) is 2.09. The van der Waals surface area contributed by atoms with Crippen molar-refractivity contribution >= 4 is 0 Å². The number of ether oxygens (including phenoxy) is 4. The van der Waals surface area contributed by atoms with E-state index in [9.17, 15) is 5.11 Å². The lowest BCUT2D eigenvalue weighted by Crippen LogP contribution is -2.36. The maximum atomic E-state index is 10.1. The van der Waals surface area contributed by atoms with Crippen molar-refractivity contribution in [2.45, 2.75) is 12.6 Å². The zero-order chi connectivity index (χ0) is 17.8. The topological polar surface area (TPSA) is 60.4 Å². The summed E-state index contributed by atoms with van der Waals surface area (Å²) in [5, 5.41) is 10.1. The van der Waals surface area contributed by atoms with Gasteiger partial charge in [-0.25, -0.2) is 0 Å². The van der Waals surface area contributed by atoms with Crippen LogP contribution < -0.4 is 9.47 Å². The fraction of sp³-hybridized carbons (Fsp3) is 0.556. The molecule has 24 heavy (non-hydrogen) atoms. The van der Waals surface area contributed by atoms with E-state index in [1.807, 2.05) is 18.2 Å². The molecule has 0 saturated heterocycles. The Bertz CT molecular complexity index is 515. The fourth-order valence-electron chi connectivity index (χ4n) is 2.30. The number of aliphatic hydroxyl groups is 1. The Kier molecular flexibility index (Phi) is 9.89. The first-order valence-electron chi connectivity index (χ1n) is 7.76. The predicted octanol–water partition coefficient (Wildman–Crippen LogP) is 1.16. The molecule has 0 spiro atoms. The molecule has 0 aromatic heterocycles. The van der Waals surface area contributed by atoms with Crippen molar-refractivity contribution in [1.29, 1.82) is 0 Å². The molecule has 0 aliphatic heterocycles. The Hall–Kier alpha value is -1.78. The van der Waals surface area contributed by atoms with E-state index in [0.29, 0.717) is 37.7 Å². The highest BCUT2D eigenvalue weighted by atomic mass is 16.5. The summed E-state index contributed by atoms with van der Waals surface area (Å²) in [5.74, 6) is 3.75. The first-order valence-corrected chi connectivity index (χ1v) is 7.76. The molecule has 0 heterocycles. The second-order valence-electron chi connectivity index (χ2n) is 5.29. The number of terminal acetylenes is 1. The molecule has 0 radical (unpaired) electrons. The second-order valence-corrected chi connectivity index (χ2v) is 5.29. The third kappa shape index (κ3) is 7.20. The van der Waals surface area contributed by atoms with Crippen molar-refractivity contribution in [3.63, 3.8) is 0 Å². The van der Waals surface area contributed by atoms with E-state index in [2.05, 4.69) is 10.8 Å². The van der Waals surface area contributed by atoms with E-state index in [0.717, 1.165) is 5.56 Å². The summed E-state index contributed by atoms with van der Waals surface area (Å²) < 4.78 is 20.9. The monoisotopic (exact) mass is 337 g/mol. The summed E-state index contributed by atoms with van der Waals surface area (Å²) in [6.45, 7) is 2.78. The van der Waals surface area contributed by atoms with Crippen molar-refractivity contribution in [3.8, 4) is 23.8 Å². The molecule has 1 rings (SSSR count). The SMILES string of the molecule is C#CCOC[C@H](O)CN(CCOC)Cc1ccc(OC)c(OC)c1. The van der Waals surface area contributed by atoms with Crippen LogP contribution in [0.3, 0.4) is 0 Å². The lowest BCUT2D eigenvalue weighted by atomic mass is 10.1. The maximum absolute atomic E-state index is 10.1. The van der Waals surface area contributed by atoms with Crippen molar-refractivity contribution in [1.82, 2.24) is 4.90 Å². The summed E-state index contributed by atoms with van der Waals surface area (Å²) >= 11 is 0. The molecule has 0 saturated carbocycles. The first kappa shape index (κ1) is 20.3. The summed E-state index contributed by atoms with van der Waals surface area (Å²) in [6, 6.07) is 5.78. The van der Waals surface area contributed by atoms with Crippen LogP contribution in [0.1, 0.15) is 5.56 Å². The van der Waals surface area contributed by atoms with Crippen LogP contribution in [0, 0.1) is 12.3 Å². The van der Waals surface area contributed by atoms with Gasteiger partial charge in [0.1, 0.15) is 6.61 Å². The van der Waals surface area contributed by atoms with Crippen LogP contribution in [-0.4, -0.2) is 70.3 Å². The smallest absolute Gasteiger partial charge is 0.161 e. The van der Waals surface area contributed by atoms with Gasteiger partial charge in [-0.15, -0.1) is 6.42 Å². The van der Waals surface area contributed by atoms with Crippen LogP contribution >= 0.6 is 0 Å². The number of benzene rings is 1. The molecule has 0 unspecified atom stereocenters. The molecule has 1 N–H and O–H groups in total. The average molecular weight is 337 g/mol. The molecule has 0 fully saturated rings. The van der Waals surface area contributed by atoms with Gasteiger partial charge in [0.2, 0.25) is 0 Å². The Morgan fingerprint density at radius 1 is 1.21 bits per heavy atom. The van der Waals surface area contributed by atoms with Gasteiger partial charge in [0, 0.05) is 26.7 Å². The van der Waals surface area contributed by atoms with E-state index in [4.69, 9.17) is 25.4 Å². The minimum Gasteiger partial charge on any atom is -0.493 e. The van der Waals surface area contributed by atoms with Crippen molar-refractivity contribution in [3.05, 3.63) is 23.8 Å². The molecule has 6 nitrogen and oxygen atoms in total. The molecule has 1 aromatic rings. The van der Waals surface area contributed by atoms with Crippen LogP contribution in [0.25, 0.3) is 0 Å². The van der Waals surface area contributed by atoms with Crippen LogP contribution in [0.5, 0.6) is 11.5 Å². The van der Waals surface area contributed by atoms with Crippen LogP contribution in [0.2, 0.25) is 0 Å². The number of aliphatic hydroxyl groups excluding tert-OH is 1. The Morgan fingerprint density at radius 2 is 1.96 bits per heavy atom. The highest BCUT2D eigenvalue weighted by molar-refractivity contribution is 5.42. The van der Waals surface area contributed by atoms with Gasteiger partial charge in [-0.1, -0.05) is 12.0 Å². The second kappa shape index (κ2) is 11.7. The van der Waals surface area contributed by atoms with Crippen molar-refractivity contribution < 1.29 is 24.1 Å². The minimum absolute atomic E-state index is 0.199. The largest absolute Gasteiger partial charge is 0.493 e. The number of hydrogen-bond acceptors (Lipinski definition) is 6. The molecule has 6 heteroatoms. The Morgan fingerprint density at radius 3 is 2.58 bits per heavy atom. The fourth-order valence-corrected chi connectivity index (χ4v) is 2.30. The molecule has 0 aliphatic rings. The third-order valence-corrected chi connectivity index (χ3v) is 3.43. The van der Waals surface area contributed by atoms with Crippen molar-refractivity contribution in [2.24, 2.45) is 0 Å². The number of rotatable bonds is 12. The molecule has 1 atom stereocenters. The molecule has 0 bridgehead atoms. The third-order valence-electron chi connectivity index (χ3n) is 3.43. The van der Waals surface area contributed by atoms with Gasteiger partial charge in [-0.3, -0.25) is 4.90 Å². The summed E-state index contributed by atoms with van der Waals surface area (Å²) in [6.07, 6.45) is 4.51. The highest BCUT2D eigenvalue weighted by Gasteiger charge is 2.14. The molecule has 0 amide bonds. The Labute approximate surface area is 144 Å². The number of methoxy groups -OCH3 is 3.